The molecule has 2 rings (SSSR count). The summed E-state index contributed by atoms with van der Waals surface area (Å²) in [6.45, 7) is 2.23. The Morgan fingerprint density at radius 3 is 1.91 bits per heavy atom. The van der Waals surface area contributed by atoms with Gasteiger partial charge in [-0.25, -0.2) is 4.79 Å². The second-order valence-electron chi connectivity index (χ2n) is 5.00. The van der Waals surface area contributed by atoms with Crippen LogP contribution in [-0.4, -0.2) is 28.3 Å². The standard InChI is InChI=1S/C17H20N2O2S/c1-14(22(2)21)13-18-17(20)19(15-9-5-3-6-10-15)16-11-7-4-8-12-16/h3-12,14H,13H2,1-2H3,(H,18,20)/t14-,22+/m0/s1. The van der Waals surface area contributed by atoms with E-state index in [0.29, 0.717) is 6.54 Å². The number of rotatable bonds is 5. The summed E-state index contributed by atoms with van der Waals surface area (Å²) in [5.74, 6) is 0. The topological polar surface area (TPSA) is 49.4 Å². The van der Waals surface area contributed by atoms with E-state index in [2.05, 4.69) is 5.32 Å². The molecule has 2 aromatic rings. The van der Waals surface area contributed by atoms with Gasteiger partial charge in [0.15, 0.2) is 0 Å². The highest BCUT2D eigenvalue weighted by Gasteiger charge is 2.18. The monoisotopic (exact) mass is 316 g/mol. The number of anilines is 2. The van der Waals surface area contributed by atoms with E-state index in [1.165, 1.54) is 0 Å². The van der Waals surface area contributed by atoms with Crippen molar-refractivity contribution in [3.05, 3.63) is 60.7 Å². The number of carbonyl (C=O) groups is 1. The first-order valence-corrected chi connectivity index (χ1v) is 8.72. The van der Waals surface area contributed by atoms with Gasteiger partial charge in [0.25, 0.3) is 0 Å². The molecule has 116 valence electrons. The zero-order chi connectivity index (χ0) is 15.9. The molecular formula is C17H20N2O2S. The van der Waals surface area contributed by atoms with Crippen LogP contribution < -0.4 is 10.2 Å². The largest absolute Gasteiger partial charge is 0.336 e. The fourth-order valence-electron chi connectivity index (χ4n) is 1.97. The average Bonchev–Trinajstić information content (AvgIpc) is 2.54. The summed E-state index contributed by atoms with van der Waals surface area (Å²) in [5.41, 5.74) is 1.58. The highest BCUT2D eigenvalue weighted by atomic mass is 32.2. The maximum absolute atomic E-state index is 12.6. The van der Waals surface area contributed by atoms with Gasteiger partial charge in [-0.05, 0) is 31.2 Å². The number of hydrogen-bond acceptors (Lipinski definition) is 2. The summed E-state index contributed by atoms with van der Waals surface area (Å²) in [6, 6.07) is 18.7. The summed E-state index contributed by atoms with van der Waals surface area (Å²) in [6.07, 6.45) is 1.64. The van der Waals surface area contributed by atoms with Crippen LogP contribution in [0, 0.1) is 0 Å². The molecule has 2 atom stereocenters. The van der Waals surface area contributed by atoms with Gasteiger partial charge in [-0.15, -0.1) is 0 Å². The fraction of sp³-hybridized carbons (Fsp3) is 0.235. The molecule has 0 saturated carbocycles. The highest BCUT2D eigenvalue weighted by Crippen LogP contribution is 2.24. The van der Waals surface area contributed by atoms with Gasteiger partial charge in [-0.1, -0.05) is 36.4 Å². The SMILES string of the molecule is C[C@@H](CNC(=O)N(c1ccccc1)c1ccccc1)[S@@](C)=O. The Balaban J connectivity index is 2.22. The fourth-order valence-corrected chi connectivity index (χ4v) is 2.28. The molecule has 5 heteroatoms. The molecule has 0 aromatic heterocycles. The van der Waals surface area contributed by atoms with E-state index in [0.717, 1.165) is 11.4 Å². The van der Waals surface area contributed by atoms with E-state index in [1.807, 2.05) is 67.6 Å². The third-order valence-electron chi connectivity index (χ3n) is 3.34. The third-order valence-corrected chi connectivity index (χ3v) is 4.64. The lowest BCUT2D eigenvalue weighted by atomic mass is 10.2. The van der Waals surface area contributed by atoms with Gasteiger partial charge in [0, 0.05) is 28.9 Å². The molecule has 0 fully saturated rings. The molecule has 0 spiro atoms. The number of nitrogens with one attached hydrogen (secondary N) is 1. The molecular weight excluding hydrogens is 296 g/mol. The molecule has 4 nitrogen and oxygen atoms in total. The maximum Gasteiger partial charge on any atom is 0.326 e. The van der Waals surface area contributed by atoms with Crippen molar-refractivity contribution in [2.75, 3.05) is 17.7 Å². The van der Waals surface area contributed by atoms with E-state index < -0.39 is 10.8 Å². The van der Waals surface area contributed by atoms with Crippen LogP contribution in [0.4, 0.5) is 16.2 Å². The highest BCUT2D eigenvalue weighted by molar-refractivity contribution is 7.84. The second-order valence-corrected chi connectivity index (χ2v) is 6.80. The van der Waals surface area contributed by atoms with Crippen molar-refractivity contribution in [3.63, 3.8) is 0 Å². The Morgan fingerprint density at radius 1 is 1.05 bits per heavy atom. The van der Waals surface area contributed by atoms with E-state index >= 15 is 0 Å². The van der Waals surface area contributed by atoms with Crippen molar-refractivity contribution in [2.24, 2.45) is 0 Å². The minimum absolute atomic E-state index is 0.0858. The third kappa shape index (κ3) is 4.18. The van der Waals surface area contributed by atoms with E-state index in [1.54, 1.807) is 11.2 Å². The van der Waals surface area contributed by atoms with Gasteiger partial charge in [-0.3, -0.25) is 9.11 Å². The summed E-state index contributed by atoms with van der Waals surface area (Å²) in [4.78, 5) is 14.2. The normalized spacial score (nSPS) is 13.2. The van der Waals surface area contributed by atoms with Crippen LogP contribution in [0.15, 0.2) is 60.7 Å². The molecule has 0 aliphatic heterocycles. The van der Waals surface area contributed by atoms with Crippen molar-refractivity contribution in [3.8, 4) is 0 Å². The lowest BCUT2D eigenvalue weighted by molar-refractivity contribution is 0.248. The molecule has 0 aliphatic carbocycles. The number of hydrogen-bond donors (Lipinski definition) is 1. The molecule has 0 aliphatic rings. The Kier molecular flexibility index (Phi) is 5.72. The number of nitrogens with zero attached hydrogens (tertiary/aromatic N) is 1. The molecule has 2 amide bonds. The molecule has 1 N–H and O–H groups in total. The van der Waals surface area contributed by atoms with Crippen molar-refractivity contribution in [2.45, 2.75) is 12.2 Å². The zero-order valence-corrected chi connectivity index (χ0v) is 13.5. The number of amides is 2. The quantitative estimate of drug-likeness (QED) is 0.920. The number of para-hydroxylation sites is 2. The predicted molar refractivity (Wildman–Crippen MR) is 92.0 cm³/mol. The molecule has 0 unspecified atom stereocenters. The van der Waals surface area contributed by atoms with Crippen LogP contribution in [0.2, 0.25) is 0 Å². The maximum atomic E-state index is 12.6. The minimum atomic E-state index is -0.962. The summed E-state index contributed by atoms with van der Waals surface area (Å²) in [5, 5.41) is 2.77. The molecule has 22 heavy (non-hydrogen) atoms. The first-order chi connectivity index (χ1) is 10.6. The second kappa shape index (κ2) is 7.75. The van der Waals surface area contributed by atoms with Gasteiger partial charge in [0.1, 0.15) is 0 Å². The lowest BCUT2D eigenvalue weighted by Gasteiger charge is -2.24. The van der Waals surface area contributed by atoms with E-state index in [9.17, 15) is 9.00 Å². The van der Waals surface area contributed by atoms with Gasteiger partial charge in [0.2, 0.25) is 0 Å². The molecule has 0 radical (unpaired) electrons. The van der Waals surface area contributed by atoms with Crippen LogP contribution in [0.1, 0.15) is 6.92 Å². The van der Waals surface area contributed by atoms with Gasteiger partial charge in [0.05, 0.1) is 11.4 Å². The van der Waals surface area contributed by atoms with Crippen LogP contribution in [-0.2, 0) is 10.8 Å². The zero-order valence-electron chi connectivity index (χ0n) is 12.7. The lowest BCUT2D eigenvalue weighted by Crippen LogP contribution is -2.40. The number of urea groups is 1. The van der Waals surface area contributed by atoms with E-state index in [4.69, 9.17) is 0 Å². The predicted octanol–water partition coefficient (Wildman–Crippen LogP) is 3.30. The molecule has 0 bridgehead atoms. The Hall–Kier alpha value is -2.14. The van der Waals surface area contributed by atoms with Crippen LogP contribution in [0.5, 0.6) is 0 Å². The molecule has 0 saturated heterocycles. The van der Waals surface area contributed by atoms with E-state index in [-0.39, 0.29) is 11.3 Å². The number of benzene rings is 2. The van der Waals surface area contributed by atoms with Gasteiger partial charge in [-0.2, -0.15) is 0 Å². The van der Waals surface area contributed by atoms with Gasteiger partial charge < -0.3 is 5.32 Å². The minimum Gasteiger partial charge on any atom is -0.336 e. The van der Waals surface area contributed by atoms with Crippen LogP contribution in [0.3, 0.4) is 0 Å². The Labute approximate surface area is 133 Å². The Morgan fingerprint density at radius 2 is 1.50 bits per heavy atom. The van der Waals surface area contributed by atoms with Crippen LogP contribution >= 0.6 is 0 Å². The Bertz CT molecular complexity index is 592. The van der Waals surface area contributed by atoms with Crippen molar-refractivity contribution in [1.82, 2.24) is 5.32 Å². The van der Waals surface area contributed by atoms with Crippen molar-refractivity contribution >= 4 is 28.2 Å². The summed E-state index contributed by atoms with van der Waals surface area (Å²) >= 11 is 0. The van der Waals surface area contributed by atoms with Gasteiger partial charge >= 0.3 is 6.03 Å². The van der Waals surface area contributed by atoms with Crippen molar-refractivity contribution in [1.29, 1.82) is 0 Å². The van der Waals surface area contributed by atoms with Crippen molar-refractivity contribution < 1.29 is 9.00 Å². The molecule has 0 heterocycles. The summed E-state index contributed by atoms with van der Waals surface area (Å²) in [7, 11) is -0.962. The van der Waals surface area contributed by atoms with Crippen LogP contribution in [0.25, 0.3) is 0 Å². The first-order valence-electron chi connectivity index (χ1n) is 7.10. The number of carbonyl (C=O) groups excluding carboxylic acids is 1. The average molecular weight is 316 g/mol. The molecule has 2 aromatic carbocycles. The smallest absolute Gasteiger partial charge is 0.326 e. The summed E-state index contributed by atoms with van der Waals surface area (Å²) < 4.78 is 11.4. The first kappa shape index (κ1) is 16.2.